The summed E-state index contributed by atoms with van der Waals surface area (Å²) >= 11 is 0. The van der Waals surface area contributed by atoms with E-state index in [9.17, 15) is 9.59 Å². The molecule has 1 N–H and O–H groups in total. The Morgan fingerprint density at radius 1 is 1.29 bits per heavy atom. The highest BCUT2D eigenvalue weighted by molar-refractivity contribution is 5.95. The zero-order valence-electron chi connectivity index (χ0n) is 11.3. The number of rotatable bonds is 1. The van der Waals surface area contributed by atoms with Gasteiger partial charge in [-0.05, 0) is 17.3 Å². The third-order valence-electron chi connectivity index (χ3n) is 3.85. The van der Waals surface area contributed by atoms with Crippen LogP contribution in [0.3, 0.4) is 0 Å². The van der Waals surface area contributed by atoms with Crippen LogP contribution in [0.1, 0.15) is 41.0 Å². The molecule has 0 bridgehead atoms. The molecule has 2 unspecified atom stereocenters. The number of carbonyl (C=O) groups is 2. The van der Waals surface area contributed by atoms with Crippen molar-refractivity contribution in [1.82, 2.24) is 10.2 Å². The predicted octanol–water partition coefficient (Wildman–Crippen LogP) is 1.16. The molecule has 2 atom stereocenters. The fourth-order valence-electron chi connectivity index (χ4n) is 2.49. The van der Waals surface area contributed by atoms with Gasteiger partial charge in [-0.2, -0.15) is 0 Å². The van der Waals surface area contributed by atoms with Crippen LogP contribution in [0, 0.1) is 10.8 Å². The van der Waals surface area contributed by atoms with Gasteiger partial charge in [0.2, 0.25) is 11.8 Å². The fourth-order valence-corrected chi connectivity index (χ4v) is 2.49. The van der Waals surface area contributed by atoms with Gasteiger partial charge in [-0.3, -0.25) is 9.59 Å². The molecular formula is C13H22N2O2. The van der Waals surface area contributed by atoms with E-state index in [1.54, 1.807) is 4.90 Å². The topological polar surface area (TPSA) is 49.4 Å². The summed E-state index contributed by atoms with van der Waals surface area (Å²) in [5, 5.41) is 2.82. The lowest BCUT2D eigenvalue weighted by atomic mass is 9.84. The predicted molar refractivity (Wildman–Crippen MR) is 65.3 cm³/mol. The summed E-state index contributed by atoms with van der Waals surface area (Å²) in [6.07, 6.45) is 1.00. The molecule has 96 valence electrons. The summed E-state index contributed by atoms with van der Waals surface area (Å²) in [5.41, 5.74) is -0.0554. The molecule has 1 saturated heterocycles. The molecule has 4 heteroatoms. The van der Waals surface area contributed by atoms with Crippen molar-refractivity contribution in [3.63, 3.8) is 0 Å². The number of piperazine rings is 1. The molecule has 2 rings (SSSR count). The summed E-state index contributed by atoms with van der Waals surface area (Å²) in [6, 6.07) is -0.147. The molecule has 1 saturated carbocycles. The van der Waals surface area contributed by atoms with Crippen LogP contribution in [-0.4, -0.2) is 35.3 Å². The Balaban J connectivity index is 2.19. The first-order chi connectivity index (χ1) is 7.63. The molecular weight excluding hydrogens is 216 g/mol. The Morgan fingerprint density at radius 3 is 2.24 bits per heavy atom. The number of nitrogens with one attached hydrogen (secondary N) is 1. The minimum Gasteiger partial charge on any atom is -0.342 e. The molecule has 4 nitrogen and oxygen atoms in total. The van der Waals surface area contributed by atoms with Crippen molar-refractivity contribution < 1.29 is 9.59 Å². The Bertz CT molecular complexity index is 368. The normalized spacial score (nSPS) is 32.4. The highest BCUT2D eigenvalue weighted by Crippen LogP contribution is 2.49. The number of hydrogen-bond donors (Lipinski definition) is 1. The zero-order chi connectivity index (χ0) is 13.0. The van der Waals surface area contributed by atoms with E-state index >= 15 is 0 Å². The summed E-state index contributed by atoms with van der Waals surface area (Å²) in [7, 11) is 0. The van der Waals surface area contributed by atoms with Crippen LogP contribution in [0.15, 0.2) is 0 Å². The van der Waals surface area contributed by atoms with Gasteiger partial charge in [-0.15, -0.1) is 0 Å². The van der Waals surface area contributed by atoms with Gasteiger partial charge in [0.25, 0.3) is 0 Å². The maximum Gasteiger partial charge on any atom is 0.246 e. The summed E-state index contributed by atoms with van der Waals surface area (Å²) in [4.78, 5) is 25.9. The Labute approximate surface area is 103 Å². The first-order valence-electron chi connectivity index (χ1n) is 6.23. The highest BCUT2D eigenvalue weighted by atomic mass is 16.2. The molecule has 17 heavy (non-hydrogen) atoms. The van der Waals surface area contributed by atoms with Crippen LogP contribution in [0.25, 0.3) is 0 Å². The molecule has 0 aromatic rings. The first kappa shape index (κ1) is 12.4. The van der Waals surface area contributed by atoms with Crippen LogP contribution < -0.4 is 5.32 Å². The lowest BCUT2D eigenvalue weighted by Crippen LogP contribution is -2.63. The van der Waals surface area contributed by atoms with Crippen molar-refractivity contribution in [3.8, 4) is 0 Å². The van der Waals surface area contributed by atoms with Crippen molar-refractivity contribution in [2.75, 3.05) is 6.54 Å². The van der Waals surface area contributed by atoms with Crippen molar-refractivity contribution >= 4 is 11.8 Å². The number of hydrogen-bond acceptors (Lipinski definition) is 2. The van der Waals surface area contributed by atoms with Gasteiger partial charge in [0.15, 0.2) is 0 Å². The average Bonchev–Trinajstić information content (AvgIpc) is 2.77. The molecule has 1 heterocycles. The van der Waals surface area contributed by atoms with Crippen LogP contribution >= 0.6 is 0 Å². The number of nitrogens with zero attached hydrogens (tertiary/aromatic N) is 1. The first-order valence-corrected chi connectivity index (χ1v) is 6.23. The Kier molecular flexibility index (Phi) is 2.53. The summed E-state index contributed by atoms with van der Waals surface area (Å²) in [5.74, 6) is 0.0416. The van der Waals surface area contributed by atoms with E-state index in [0.29, 0.717) is 0 Å². The molecule has 0 spiro atoms. The van der Waals surface area contributed by atoms with Gasteiger partial charge < -0.3 is 10.2 Å². The second-order valence-corrected chi connectivity index (χ2v) is 7.04. The average molecular weight is 238 g/mol. The van der Waals surface area contributed by atoms with Gasteiger partial charge in [-0.25, -0.2) is 0 Å². The van der Waals surface area contributed by atoms with Crippen LogP contribution in [0.2, 0.25) is 0 Å². The lowest BCUT2D eigenvalue weighted by molar-refractivity contribution is -0.148. The van der Waals surface area contributed by atoms with E-state index in [1.807, 2.05) is 20.8 Å². The Hall–Kier alpha value is -1.06. The smallest absolute Gasteiger partial charge is 0.246 e. The minimum atomic E-state index is -0.389. The maximum atomic E-state index is 12.4. The monoisotopic (exact) mass is 238 g/mol. The van der Waals surface area contributed by atoms with Crippen molar-refractivity contribution in [3.05, 3.63) is 0 Å². The van der Waals surface area contributed by atoms with E-state index in [-0.39, 0.29) is 41.3 Å². The van der Waals surface area contributed by atoms with E-state index in [2.05, 4.69) is 19.2 Å². The molecule has 1 aliphatic carbocycles. The molecule has 1 aliphatic heterocycles. The van der Waals surface area contributed by atoms with Crippen molar-refractivity contribution in [2.45, 2.75) is 53.1 Å². The van der Waals surface area contributed by atoms with Crippen molar-refractivity contribution in [2.24, 2.45) is 10.8 Å². The molecule has 2 amide bonds. The van der Waals surface area contributed by atoms with Gasteiger partial charge in [-0.1, -0.05) is 34.6 Å². The van der Waals surface area contributed by atoms with E-state index in [0.717, 1.165) is 6.42 Å². The SMILES string of the molecule is CC(C)(C)C1NC(=O)CN(C2CC2(C)C)C1=O. The second kappa shape index (κ2) is 3.47. The third kappa shape index (κ3) is 2.17. The summed E-state index contributed by atoms with van der Waals surface area (Å²) < 4.78 is 0. The molecule has 2 fully saturated rings. The summed E-state index contributed by atoms with van der Waals surface area (Å²) in [6.45, 7) is 10.5. The molecule has 0 aromatic heterocycles. The van der Waals surface area contributed by atoms with E-state index in [1.165, 1.54) is 0 Å². The fraction of sp³-hybridized carbons (Fsp3) is 0.846. The zero-order valence-corrected chi connectivity index (χ0v) is 11.3. The third-order valence-corrected chi connectivity index (χ3v) is 3.85. The standard InChI is InChI=1S/C13H22N2O2/c1-12(2,3)10-11(17)15(7-9(16)14-10)8-6-13(8,4)5/h8,10H,6-7H2,1-5H3,(H,14,16). The number of amides is 2. The molecule has 2 aliphatic rings. The van der Waals surface area contributed by atoms with E-state index < -0.39 is 0 Å². The Morgan fingerprint density at radius 2 is 1.82 bits per heavy atom. The van der Waals surface area contributed by atoms with Crippen LogP contribution in [0.5, 0.6) is 0 Å². The molecule has 0 aromatic carbocycles. The lowest BCUT2D eigenvalue weighted by Gasteiger charge is -2.39. The molecule has 0 radical (unpaired) electrons. The maximum absolute atomic E-state index is 12.4. The quantitative estimate of drug-likeness (QED) is 0.745. The van der Waals surface area contributed by atoms with Crippen LogP contribution in [0.4, 0.5) is 0 Å². The van der Waals surface area contributed by atoms with Gasteiger partial charge >= 0.3 is 0 Å². The van der Waals surface area contributed by atoms with Gasteiger partial charge in [0.1, 0.15) is 6.04 Å². The highest BCUT2D eigenvalue weighted by Gasteiger charge is 2.54. The largest absolute Gasteiger partial charge is 0.342 e. The van der Waals surface area contributed by atoms with Crippen molar-refractivity contribution in [1.29, 1.82) is 0 Å². The van der Waals surface area contributed by atoms with Crippen LogP contribution in [-0.2, 0) is 9.59 Å². The minimum absolute atomic E-state index is 0.0350. The van der Waals surface area contributed by atoms with Gasteiger partial charge in [0, 0.05) is 6.04 Å². The van der Waals surface area contributed by atoms with Gasteiger partial charge in [0.05, 0.1) is 6.54 Å². The second-order valence-electron chi connectivity index (χ2n) is 7.04. The van der Waals surface area contributed by atoms with E-state index in [4.69, 9.17) is 0 Å². The number of carbonyl (C=O) groups excluding carboxylic acids is 2.